The van der Waals surface area contributed by atoms with E-state index in [1.54, 1.807) is 66.7 Å². The molecule has 2 heterocycles. The number of nitrogens with two attached hydrogens (primary N) is 1. The molecule has 1 atom stereocenters. The lowest BCUT2D eigenvalue weighted by Crippen LogP contribution is -2.21. The van der Waals surface area contributed by atoms with Gasteiger partial charge < -0.3 is 24.7 Å². The minimum Gasteiger partial charge on any atom is -0.490 e. The number of carbonyl (C=O) groups is 1. The van der Waals surface area contributed by atoms with Crippen LogP contribution in [0.25, 0.3) is 10.1 Å². The lowest BCUT2D eigenvalue weighted by molar-refractivity contribution is 0.0739. The van der Waals surface area contributed by atoms with Gasteiger partial charge in [-0.15, -0.1) is 11.3 Å². The molecule has 11 heteroatoms. The van der Waals surface area contributed by atoms with E-state index in [1.807, 2.05) is 6.92 Å². The summed E-state index contributed by atoms with van der Waals surface area (Å²) >= 11 is 13.8. The van der Waals surface area contributed by atoms with Gasteiger partial charge in [0.2, 0.25) is 5.88 Å². The molecule has 5 aromatic rings. The Balaban J connectivity index is 1.30. The fourth-order valence-corrected chi connectivity index (χ4v) is 6.69. The molecular formula is C34H23Cl2FN2O5S. The van der Waals surface area contributed by atoms with Crippen LogP contribution in [0.15, 0.2) is 90.3 Å². The second-order valence-electron chi connectivity index (χ2n) is 9.92. The third-order valence-electron chi connectivity index (χ3n) is 7.12. The third-order valence-corrected chi connectivity index (χ3v) is 8.99. The number of hydrogen-bond donors (Lipinski definition) is 1. The Kier molecular flexibility index (Phi) is 8.55. The second-order valence-corrected chi connectivity index (χ2v) is 11.8. The van der Waals surface area contributed by atoms with Crippen LogP contribution in [0.4, 0.5) is 4.39 Å². The molecule has 0 fully saturated rings. The van der Waals surface area contributed by atoms with Crippen LogP contribution in [0.3, 0.4) is 0 Å². The lowest BCUT2D eigenvalue weighted by atomic mass is 9.83. The number of fused-ring (bicyclic) bond motifs is 2. The van der Waals surface area contributed by atoms with Crippen LogP contribution in [0.2, 0.25) is 10.0 Å². The van der Waals surface area contributed by atoms with E-state index >= 15 is 0 Å². The van der Waals surface area contributed by atoms with E-state index in [0.29, 0.717) is 51.0 Å². The Labute approximate surface area is 271 Å². The summed E-state index contributed by atoms with van der Waals surface area (Å²) in [7, 11) is 0. The maximum absolute atomic E-state index is 14.2. The molecule has 0 amide bonds. The number of carbonyl (C=O) groups excluding carboxylic acids is 1. The number of rotatable bonds is 8. The Morgan fingerprint density at radius 1 is 1.04 bits per heavy atom. The van der Waals surface area contributed by atoms with Crippen molar-refractivity contribution >= 4 is 50.6 Å². The fraction of sp³-hybridized carbons (Fsp3) is 0.118. The highest BCUT2D eigenvalue weighted by Crippen LogP contribution is 2.45. The van der Waals surface area contributed by atoms with Crippen LogP contribution < -0.4 is 24.7 Å². The van der Waals surface area contributed by atoms with Gasteiger partial charge in [0.1, 0.15) is 40.4 Å². The predicted octanol–water partition coefficient (Wildman–Crippen LogP) is 8.76. The van der Waals surface area contributed by atoms with Crippen LogP contribution in [0.5, 0.6) is 23.0 Å². The van der Waals surface area contributed by atoms with Gasteiger partial charge in [0.15, 0.2) is 11.5 Å². The topological polar surface area (TPSA) is 104 Å². The van der Waals surface area contributed by atoms with E-state index in [9.17, 15) is 14.4 Å². The van der Waals surface area contributed by atoms with E-state index in [0.717, 1.165) is 4.70 Å². The van der Waals surface area contributed by atoms with Crippen molar-refractivity contribution in [2.45, 2.75) is 19.4 Å². The SMILES string of the molecule is CCOc1cc(C2C(C#N)=C(N)Oc3cc(OC(=O)c4sc5cc(Cl)ccc5c4Cl)ccc32)ccc1OCc1ccccc1F. The monoisotopic (exact) mass is 660 g/mol. The maximum Gasteiger partial charge on any atom is 0.355 e. The van der Waals surface area contributed by atoms with Gasteiger partial charge in [0.05, 0.1) is 17.5 Å². The minimum atomic E-state index is -0.641. The molecule has 2 N–H and O–H groups in total. The van der Waals surface area contributed by atoms with Crippen molar-refractivity contribution < 1.29 is 28.1 Å². The summed E-state index contributed by atoms with van der Waals surface area (Å²) in [6.07, 6.45) is 0. The Bertz CT molecular complexity index is 2040. The molecule has 226 valence electrons. The van der Waals surface area contributed by atoms with Gasteiger partial charge in [0, 0.05) is 32.3 Å². The summed E-state index contributed by atoms with van der Waals surface area (Å²) in [4.78, 5) is 13.3. The van der Waals surface area contributed by atoms with Gasteiger partial charge in [-0.1, -0.05) is 59.6 Å². The van der Waals surface area contributed by atoms with Gasteiger partial charge >= 0.3 is 5.97 Å². The molecule has 4 aromatic carbocycles. The van der Waals surface area contributed by atoms with Crippen molar-refractivity contribution in [3.63, 3.8) is 0 Å². The molecule has 7 nitrogen and oxygen atoms in total. The normalized spacial score (nSPS) is 14.0. The average Bonchev–Trinajstić information content (AvgIpc) is 3.35. The number of halogens is 3. The Hall–Kier alpha value is -4.75. The smallest absolute Gasteiger partial charge is 0.355 e. The van der Waals surface area contributed by atoms with Gasteiger partial charge in [-0.2, -0.15) is 5.26 Å². The number of ether oxygens (including phenoxy) is 4. The first-order valence-electron chi connectivity index (χ1n) is 13.7. The van der Waals surface area contributed by atoms with Gasteiger partial charge in [0.25, 0.3) is 0 Å². The quantitative estimate of drug-likeness (QED) is 0.131. The van der Waals surface area contributed by atoms with Crippen molar-refractivity contribution in [2.24, 2.45) is 5.73 Å². The molecule has 0 radical (unpaired) electrons. The first kappa shape index (κ1) is 30.3. The molecule has 1 unspecified atom stereocenters. The molecule has 0 saturated heterocycles. The molecule has 1 aliphatic heterocycles. The van der Waals surface area contributed by atoms with Crippen LogP contribution >= 0.6 is 34.5 Å². The van der Waals surface area contributed by atoms with E-state index in [1.165, 1.54) is 23.5 Å². The zero-order chi connectivity index (χ0) is 31.7. The van der Waals surface area contributed by atoms with Crippen molar-refractivity contribution in [3.8, 4) is 29.1 Å². The highest BCUT2D eigenvalue weighted by Gasteiger charge is 2.32. The predicted molar refractivity (Wildman–Crippen MR) is 171 cm³/mol. The minimum absolute atomic E-state index is 0.00441. The zero-order valence-electron chi connectivity index (χ0n) is 23.6. The molecule has 1 aliphatic rings. The van der Waals surface area contributed by atoms with Crippen LogP contribution in [0.1, 0.15) is 39.2 Å². The van der Waals surface area contributed by atoms with Gasteiger partial charge in [-0.05, 0) is 48.9 Å². The number of thiophene rings is 1. The molecule has 0 spiro atoms. The fourth-order valence-electron chi connectivity index (χ4n) is 5.03. The average molecular weight is 662 g/mol. The van der Waals surface area contributed by atoms with Gasteiger partial charge in [-0.3, -0.25) is 0 Å². The van der Waals surface area contributed by atoms with Gasteiger partial charge in [-0.25, -0.2) is 9.18 Å². The van der Waals surface area contributed by atoms with E-state index in [4.69, 9.17) is 47.9 Å². The molecule has 1 aromatic heterocycles. The summed E-state index contributed by atoms with van der Waals surface area (Å²) in [6.45, 7) is 2.18. The number of nitriles is 1. The Morgan fingerprint density at radius 2 is 1.87 bits per heavy atom. The first-order chi connectivity index (χ1) is 21.8. The number of hydrogen-bond acceptors (Lipinski definition) is 8. The largest absolute Gasteiger partial charge is 0.490 e. The summed E-state index contributed by atoms with van der Waals surface area (Å²) < 4.78 is 38.2. The summed E-state index contributed by atoms with van der Waals surface area (Å²) in [5.74, 6) is -0.368. The standard InChI is InChI=1S/C34H23Cl2FN2O5S/c1-2-41-28-13-18(7-12-26(28)42-17-19-5-3-4-6-25(19)37)30-22-11-9-21(15-27(22)44-33(39)24(30)16-38)43-34(40)32-31(36)23-10-8-20(35)14-29(23)45-32/h3-15,30H,2,17,39H2,1H3. The summed E-state index contributed by atoms with van der Waals surface area (Å²) in [5, 5.41) is 11.5. The first-order valence-corrected chi connectivity index (χ1v) is 15.3. The summed E-state index contributed by atoms with van der Waals surface area (Å²) in [6, 6.07) is 23.8. The molecule has 6 rings (SSSR count). The Morgan fingerprint density at radius 3 is 2.64 bits per heavy atom. The van der Waals surface area contributed by atoms with Crippen LogP contribution in [-0.2, 0) is 6.61 Å². The van der Waals surface area contributed by atoms with Crippen LogP contribution in [-0.4, -0.2) is 12.6 Å². The van der Waals surface area contributed by atoms with Crippen molar-refractivity contribution in [2.75, 3.05) is 6.61 Å². The molecule has 0 bridgehead atoms. The molecule has 0 saturated carbocycles. The van der Waals surface area contributed by atoms with E-state index in [2.05, 4.69) is 6.07 Å². The zero-order valence-corrected chi connectivity index (χ0v) is 25.9. The summed E-state index contributed by atoms with van der Waals surface area (Å²) in [5.41, 5.74) is 8.12. The number of benzene rings is 4. The van der Waals surface area contributed by atoms with Crippen molar-refractivity contribution in [3.05, 3.63) is 128 Å². The van der Waals surface area contributed by atoms with Crippen LogP contribution in [0, 0.1) is 17.1 Å². The highest BCUT2D eigenvalue weighted by molar-refractivity contribution is 7.21. The third kappa shape index (κ3) is 6.00. The molecular weight excluding hydrogens is 638 g/mol. The number of nitrogens with zero attached hydrogens (tertiary/aromatic N) is 1. The maximum atomic E-state index is 14.2. The number of allylic oxidation sites excluding steroid dienone is 1. The molecule has 0 aliphatic carbocycles. The highest BCUT2D eigenvalue weighted by atomic mass is 35.5. The number of esters is 1. The van der Waals surface area contributed by atoms with Crippen molar-refractivity contribution in [1.82, 2.24) is 0 Å². The van der Waals surface area contributed by atoms with E-state index in [-0.39, 0.29) is 39.5 Å². The molecule has 45 heavy (non-hydrogen) atoms. The van der Waals surface area contributed by atoms with Crippen molar-refractivity contribution in [1.29, 1.82) is 5.26 Å². The second kappa shape index (κ2) is 12.7. The lowest BCUT2D eigenvalue weighted by Gasteiger charge is -2.27. The van der Waals surface area contributed by atoms with E-state index < -0.39 is 11.9 Å².